The summed E-state index contributed by atoms with van der Waals surface area (Å²) in [5.74, 6) is 0. The predicted octanol–water partition coefficient (Wildman–Crippen LogP) is 4.85. The predicted molar refractivity (Wildman–Crippen MR) is 130 cm³/mol. The minimum atomic E-state index is -1.13. The maximum atomic E-state index is 10.8. The lowest BCUT2D eigenvalue weighted by atomic mass is 9.98. The Morgan fingerprint density at radius 2 is 1.00 bits per heavy atom. The van der Waals surface area contributed by atoms with Crippen molar-refractivity contribution in [3.05, 3.63) is 108 Å². The van der Waals surface area contributed by atoms with Crippen LogP contribution in [-0.2, 0) is 38.8 Å². The van der Waals surface area contributed by atoms with Crippen molar-refractivity contribution in [1.29, 1.82) is 0 Å². The molecule has 33 heavy (non-hydrogen) atoms. The zero-order chi connectivity index (χ0) is 22.9. The molecule has 1 aliphatic rings. The molecule has 1 heterocycles. The molecule has 1 N–H and O–H groups in total. The number of halogens is 1. The molecule has 0 amide bonds. The molecule has 174 valence electrons. The van der Waals surface area contributed by atoms with Gasteiger partial charge >= 0.3 is 0 Å². The summed E-state index contributed by atoms with van der Waals surface area (Å²) in [6.45, 7) is 1.12. The monoisotopic (exact) mass is 512 g/mol. The lowest BCUT2D eigenvalue weighted by Crippen LogP contribution is -2.60. The van der Waals surface area contributed by atoms with Gasteiger partial charge in [-0.15, -0.1) is 0 Å². The highest BCUT2D eigenvalue weighted by atomic mass is 79.9. The summed E-state index contributed by atoms with van der Waals surface area (Å²) in [5, 5.41) is 11.3. The molecule has 0 saturated carbocycles. The Labute approximate surface area is 203 Å². The second-order valence-electron chi connectivity index (χ2n) is 8.00. The molecule has 3 aromatic rings. The van der Waals surface area contributed by atoms with Gasteiger partial charge in [0, 0.05) is 5.33 Å². The lowest BCUT2D eigenvalue weighted by molar-refractivity contribution is -0.307. The van der Waals surface area contributed by atoms with Crippen LogP contribution in [0.5, 0.6) is 0 Å². The van der Waals surface area contributed by atoms with Crippen LogP contribution in [-0.4, -0.2) is 41.1 Å². The van der Waals surface area contributed by atoms with E-state index in [9.17, 15) is 5.11 Å². The average molecular weight is 513 g/mol. The second-order valence-corrected chi connectivity index (χ2v) is 8.65. The summed E-state index contributed by atoms with van der Waals surface area (Å²) in [5.41, 5.74) is 3.11. The second kappa shape index (κ2) is 12.4. The molecule has 0 spiro atoms. The van der Waals surface area contributed by atoms with Gasteiger partial charge in [-0.2, -0.15) is 0 Å². The number of aliphatic hydroxyl groups is 1. The Bertz CT molecular complexity index is 941. The summed E-state index contributed by atoms with van der Waals surface area (Å²) < 4.78 is 24.8. The fourth-order valence-electron chi connectivity index (χ4n) is 3.89. The number of hydrogen-bond acceptors (Lipinski definition) is 5. The van der Waals surface area contributed by atoms with E-state index in [1.54, 1.807) is 0 Å². The third-order valence-corrected chi connectivity index (χ3v) is 6.26. The zero-order valence-electron chi connectivity index (χ0n) is 18.3. The van der Waals surface area contributed by atoms with E-state index in [0.717, 1.165) is 16.7 Å². The average Bonchev–Trinajstić information content (AvgIpc) is 2.87. The molecule has 6 heteroatoms. The molecule has 3 aromatic carbocycles. The number of hydrogen-bond donors (Lipinski definition) is 1. The smallest absolute Gasteiger partial charge is 0.184 e. The van der Waals surface area contributed by atoms with E-state index < -0.39 is 24.6 Å². The van der Waals surface area contributed by atoms with Gasteiger partial charge < -0.3 is 24.1 Å². The highest BCUT2D eigenvalue weighted by Crippen LogP contribution is 2.30. The molecular weight excluding hydrogens is 484 g/mol. The minimum absolute atomic E-state index is 0.335. The molecule has 1 fully saturated rings. The Kier molecular flexibility index (Phi) is 9.06. The Hall–Kier alpha value is -2.06. The fraction of sp³-hybridized carbons (Fsp3) is 0.333. The van der Waals surface area contributed by atoms with Gasteiger partial charge in [0.2, 0.25) is 0 Å². The molecule has 0 radical (unpaired) electrons. The van der Waals surface area contributed by atoms with Crippen LogP contribution < -0.4 is 0 Å². The van der Waals surface area contributed by atoms with Crippen LogP contribution in [0.2, 0.25) is 0 Å². The molecule has 1 aliphatic heterocycles. The largest absolute Gasteiger partial charge is 0.368 e. The van der Waals surface area contributed by atoms with Crippen molar-refractivity contribution in [1.82, 2.24) is 0 Å². The van der Waals surface area contributed by atoms with Crippen LogP contribution in [0.25, 0.3) is 0 Å². The van der Waals surface area contributed by atoms with Gasteiger partial charge in [0.1, 0.15) is 18.3 Å². The number of rotatable bonds is 10. The van der Waals surface area contributed by atoms with E-state index in [1.807, 2.05) is 91.0 Å². The van der Waals surface area contributed by atoms with Crippen molar-refractivity contribution in [2.45, 2.75) is 50.5 Å². The summed E-state index contributed by atoms with van der Waals surface area (Å²) in [6.07, 6.45) is -3.18. The standard InChI is InChI=1S/C27H29BrO5/c28-16-23-24(30-17-20-10-4-1-5-11-20)25(31-18-21-12-6-2-7-13-21)26(27(29)33-23)32-19-22-14-8-3-9-15-22/h1-15,23-27,29H,16-19H2/t23-,24-,25+,26+,27+/m1/s1. The van der Waals surface area contributed by atoms with E-state index >= 15 is 0 Å². The molecule has 1 saturated heterocycles. The third-order valence-electron chi connectivity index (χ3n) is 5.62. The minimum Gasteiger partial charge on any atom is -0.368 e. The van der Waals surface area contributed by atoms with Crippen LogP contribution >= 0.6 is 15.9 Å². The molecule has 0 aliphatic carbocycles. The topological polar surface area (TPSA) is 57.2 Å². The van der Waals surface area contributed by atoms with Crippen molar-refractivity contribution in [3.8, 4) is 0 Å². The first-order valence-corrected chi connectivity index (χ1v) is 12.2. The van der Waals surface area contributed by atoms with Crippen LogP contribution in [0.15, 0.2) is 91.0 Å². The first-order chi connectivity index (χ1) is 16.2. The summed E-state index contributed by atoms with van der Waals surface area (Å²) in [4.78, 5) is 0. The van der Waals surface area contributed by atoms with Gasteiger partial charge in [-0.05, 0) is 16.7 Å². The lowest BCUT2D eigenvalue weighted by Gasteiger charge is -2.44. The van der Waals surface area contributed by atoms with Gasteiger partial charge in [-0.1, -0.05) is 107 Å². The Morgan fingerprint density at radius 3 is 1.42 bits per heavy atom. The van der Waals surface area contributed by atoms with Gasteiger partial charge in [0.25, 0.3) is 0 Å². The van der Waals surface area contributed by atoms with Gasteiger partial charge in [-0.3, -0.25) is 0 Å². The van der Waals surface area contributed by atoms with Crippen molar-refractivity contribution in [3.63, 3.8) is 0 Å². The van der Waals surface area contributed by atoms with Gasteiger partial charge in [0.15, 0.2) is 6.29 Å². The molecule has 5 atom stereocenters. The SMILES string of the molecule is O[C@H]1O[C@H](CBr)[C@@H](OCc2ccccc2)[C@H](OCc2ccccc2)[C@@H]1OCc1ccccc1. The molecule has 5 nitrogen and oxygen atoms in total. The molecule has 0 aromatic heterocycles. The van der Waals surface area contributed by atoms with Crippen LogP contribution in [0.3, 0.4) is 0 Å². The Morgan fingerprint density at radius 1 is 0.606 bits per heavy atom. The fourth-order valence-corrected chi connectivity index (χ4v) is 4.41. The van der Waals surface area contributed by atoms with Gasteiger partial charge in [0.05, 0.1) is 25.9 Å². The normalized spacial score (nSPS) is 25.1. The Balaban J connectivity index is 1.53. The number of benzene rings is 3. The number of ether oxygens (including phenoxy) is 4. The third kappa shape index (κ3) is 6.73. The highest BCUT2D eigenvalue weighted by Gasteiger charge is 2.47. The van der Waals surface area contributed by atoms with Crippen LogP contribution in [0, 0.1) is 0 Å². The van der Waals surface area contributed by atoms with E-state index in [-0.39, 0.29) is 6.10 Å². The van der Waals surface area contributed by atoms with Crippen molar-refractivity contribution in [2.75, 3.05) is 5.33 Å². The quantitative estimate of drug-likeness (QED) is 0.393. The molecule has 0 bridgehead atoms. The first-order valence-electron chi connectivity index (χ1n) is 11.1. The zero-order valence-corrected chi connectivity index (χ0v) is 19.9. The van der Waals surface area contributed by atoms with Gasteiger partial charge in [-0.25, -0.2) is 0 Å². The van der Waals surface area contributed by atoms with Crippen molar-refractivity contribution in [2.24, 2.45) is 0 Å². The first kappa shape index (κ1) is 24.1. The van der Waals surface area contributed by atoms with Crippen molar-refractivity contribution >= 4 is 15.9 Å². The van der Waals surface area contributed by atoms with Crippen molar-refractivity contribution < 1.29 is 24.1 Å². The van der Waals surface area contributed by atoms with Crippen LogP contribution in [0.1, 0.15) is 16.7 Å². The maximum Gasteiger partial charge on any atom is 0.184 e. The highest BCUT2D eigenvalue weighted by molar-refractivity contribution is 9.09. The number of alkyl halides is 1. The summed E-state index contributed by atoms with van der Waals surface area (Å²) in [6, 6.07) is 29.8. The van der Waals surface area contributed by atoms with E-state index in [4.69, 9.17) is 18.9 Å². The molecule has 0 unspecified atom stereocenters. The summed E-state index contributed by atoms with van der Waals surface area (Å²) in [7, 11) is 0. The van der Waals surface area contributed by atoms with E-state index in [1.165, 1.54) is 0 Å². The van der Waals surface area contributed by atoms with Crippen LogP contribution in [0.4, 0.5) is 0 Å². The molecule has 4 rings (SSSR count). The maximum absolute atomic E-state index is 10.8. The van der Waals surface area contributed by atoms with E-state index in [0.29, 0.717) is 25.2 Å². The number of aliphatic hydroxyl groups excluding tert-OH is 1. The van der Waals surface area contributed by atoms with E-state index in [2.05, 4.69) is 15.9 Å². The molecular formula is C27H29BrO5. The summed E-state index contributed by atoms with van der Waals surface area (Å²) >= 11 is 3.51.